The number of anilines is 4. The lowest BCUT2D eigenvalue weighted by molar-refractivity contribution is -0.439. The summed E-state index contributed by atoms with van der Waals surface area (Å²) >= 11 is 1.34. The Balaban J connectivity index is 1.48. The van der Waals surface area contributed by atoms with Crippen molar-refractivity contribution in [1.82, 2.24) is 0 Å². The van der Waals surface area contributed by atoms with Crippen molar-refractivity contribution in [3.8, 4) is 11.1 Å². The van der Waals surface area contributed by atoms with Gasteiger partial charge in [-0.25, -0.2) is 18.0 Å². The lowest BCUT2D eigenvalue weighted by Crippen LogP contribution is -2.19. The molecule has 1 aliphatic rings. The van der Waals surface area contributed by atoms with Gasteiger partial charge in [0.1, 0.15) is 34.7 Å². The highest BCUT2D eigenvalue weighted by molar-refractivity contribution is 7.18. The molecule has 0 saturated heterocycles. The molecule has 57 heavy (non-hydrogen) atoms. The lowest BCUT2D eigenvalue weighted by atomic mass is 9.91. The van der Waals surface area contributed by atoms with Crippen LogP contribution >= 0.6 is 11.3 Å². The van der Waals surface area contributed by atoms with Crippen molar-refractivity contribution in [2.75, 3.05) is 29.9 Å². The molecule has 0 amide bonds. The standard InChI is InChI=1S/C47H36F5N4S/c1-5-55(44-37(49)18-12-19-38(44)50)33-26-22-30(23-27-33)41(31-24-28-34(29-25-31)56(6-2)45-39(51)20-13-21-40(45)52)46-42(35-16-10-11-17-36(35)48)43(53-3)47(57-46)54(4)32-14-8-7-9-15-32/h7-29H,5-6H2,1-2,4H3/q+1. The van der Waals surface area contributed by atoms with Gasteiger partial charge < -0.3 is 9.80 Å². The number of para-hydroxylation sites is 3. The predicted molar refractivity (Wildman–Crippen MR) is 222 cm³/mol. The van der Waals surface area contributed by atoms with Gasteiger partial charge in [0.2, 0.25) is 11.4 Å². The van der Waals surface area contributed by atoms with E-state index in [1.807, 2.05) is 66.6 Å². The molecule has 0 radical (unpaired) electrons. The van der Waals surface area contributed by atoms with Crippen LogP contribution in [0.4, 0.5) is 55.4 Å². The summed E-state index contributed by atoms with van der Waals surface area (Å²) in [6, 6.07) is 30.6. The van der Waals surface area contributed by atoms with Gasteiger partial charge in [0.15, 0.2) is 11.6 Å². The van der Waals surface area contributed by atoms with E-state index < -0.39 is 29.1 Å². The molecule has 0 N–H and O–H groups in total. The van der Waals surface area contributed by atoms with Gasteiger partial charge in [-0.05, 0) is 91.7 Å². The zero-order valence-electron chi connectivity index (χ0n) is 31.3. The van der Waals surface area contributed by atoms with Crippen molar-refractivity contribution >= 4 is 56.1 Å². The zero-order valence-corrected chi connectivity index (χ0v) is 32.1. The van der Waals surface area contributed by atoms with Crippen molar-refractivity contribution in [3.05, 3.63) is 196 Å². The molecular formula is C47H36F5N4S+. The predicted octanol–water partition coefficient (Wildman–Crippen LogP) is 13.3. The highest BCUT2D eigenvalue weighted by Gasteiger charge is 2.30. The van der Waals surface area contributed by atoms with Gasteiger partial charge in [-0.1, -0.05) is 60.7 Å². The number of allylic oxidation sites excluding steroid dienone is 5. The third kappa shape index (κ3) is 7.42. The second-order valence-electron chi connectivity index (χ2n) is 13.0. The van der Waals surface area contributed by atoms with E-state index in [0.717, 1.165) is 5.69 Å². The summed E-state index contributed by atoms with van der Waals surface area (Å²) in [6.45, 7) is 12.6. The maximum Gasteiger partial charge on any atom is 0.277 e. The molecule has 6 aromatic rings. The second-order valence-corrected chi connectivity index (χ2v) is 14.0. The molecule has 0 spiro atoms. The Morgan fingerprint density at radius 2 is 1.25 bits per heavy atom. The van der Waals surface area contributed by atoms with E-state index in [4.69, 9.17) is 6.57 Å². The quantitative estimate of drug-likeness (QED) is 0.0780. The van der Waals surface area contributed by atoms with E-state index >= 15 is 22.0 Å². The van der Waals surface area contributed by atoms with E-state index in [1.54, 1.807) is 65.8 Å². The summed E-state index contributed by atoms with van der Waals surface area (Å²) in [6.07, 6.45) is 7.19. The molecule has 0 saturated carbocycles. The molecule has 1 aromatic heterocycles. The van der Waals surface area contributed by atoms with Gasteiger partial charge in [0.25, 0.3) is 5.69 Å². The minimum Gasteiger partial charge on any atom is -0.345 e. The largest absolute Gasteiger partial charge is 0.345 e. The minimum atomic E-state index is -0.695. The summed E-state index contributed by atoms with van der Waals surface area (Å²) in [5, 5.41) is 0.592. The Bertz CT molecular complexity index is 2580. The molecule has 0 bridgehead atoms. The van der Waals surface area contributed by atoms with Crippen LogP contribution in [0.15, 0.2) is 145 Å². The van der Waals surface area contributed by atoms with E-state index in [2.05, 4.69) is 4.85 Å². The Labute approximate surface area is 332 Å². The third-order valence-electron chi connectivity index (χ3n) is 9.78. The van der Waals surface area contributed by atoms with Crippen molar-refractivity contribution in [1.29, 1.82) is 0 Å². The topological polar surface area (TPSA) is 13.8 Å². The molecule has 10 heteroatoms. The highest BCUT2D eigenvalue weighted by atomic mass is 32.1. The molecule has 4 nitrogen and oxygen atoms in total. The van der Waals surface area contributed by atoms with E-state index in [0.29, 0.717) is 43.6 Å². The van der Waals surface area contributed by atoms with Crippen LogP contribution in [0.2, 0.25) is 0 Å². The van der Waals surface area contributed by atoms with Crippen LogP contribution in [-0.2, 0) is 0 Å². The van der Waals surface area contributed by atoms with Crippen LogP contribution in [-0.4, -0.2) is 30.4 Å². The normalized spacial score (nSPS) is 12.1. The lowest BCUT2D eigenvalue weighted by Gasteiger charge is -2.25. The number of hydrogen-bond donors (Lipinski definition) is 0. The molecule has 0 atom stereocenters. The summed E-state index contributed by atoms with van der Waals surface area (Å²) in [7, 11) is 1.86. The van der Waals surface area contributed by atoms with Gasteiger partial charge in [-0.3, -0.25) is 0 Å². The van der Waals surface area contributed by atoms with Gasteiger partial charge >= 0.3 is 0 Å². The zero-order chi connectivity index (χ0) is 40.2. The molecule has 0 unspecified atom stereocenters. The number of nitrogens with zero attached hydrogens (tertiary/aromatic N) is 4. The molecule has 1 heterocycles. The number of hydrogen-bond acceptors (Lipinski definition) is 3. The summed E-state index contributed by atoms with van der Waals surface area (Å²) in [5.41, 5.74) is 4.46. The Kier molecular flexibility index (Phi) is 11.3. The van der Waals surface area contributed by atoms with Gasteiger partial charge in [-0.15, -0.1) is 11.3 Å². The Hall–Kier alpha value is -6.57. The van der Waals surface area contributed by atoms with Crippen LogP contribution in [0.1, 0.15) is 24.3 Å². The van der Waals surface area contributed by atoms with Crippen LogP contribution < -0.4 is 9.80 Å². The van der Waals surface area contributed by atoms with Crippen LogP contribution in [0.25, 0.3) is 21.5 Å². The highest BCUT2D eigenvalue weighted by Crippen LogP contribution is 2.54. The first kappa shape index (κ1) is 38.7. The fourth-order valence-corrected chi connectivity index (χ4v) is 8.41. The maximum absolute atomic E-state index is 15.9. The smallest absolute Gasteiger partial charge is 0.277 e. The first-order valence-corrected chi connectivity index (χ1v) is 19.1. The molecule has 5 aromatic carbocycles. The number of rotatable bonds is 10. The Morgan fingerprint density at radius 3 is 1.82 bits per heavy atom. The summed E-state index contributed by atoms with van der Waals surface area (Å²) in [4.78, 5) is 8.05. The third-order valence-corrected chi connectivity index (χ3v) is 11.1. The molecule has 0 aliphatic heterocycles. The second kappa shape index (κ2) is 16.7. The van der Waals surface area contributed by atoms with Crippen molar-refractivity contribution in [2.24, 2.45) is 0 Å². The SMILES string of the molecule is [C-]#[N+]c1c(N(C)c2ccccc2)sc(C(=C2C=CC(=[N+](CC)c3c(F)cccc3F)C=C2)c2ccc(N(CC)c3c(F)cccc3F)cc2)c1-c1ccccc1F. The maximum atomic E-state index is 15.9. The van der Waals surface area contributed by atoms with Gasteiger partial charge in [0.05, 0.1) is 6.57 Å². The minimum absolute atomic E-state index is 0.172. The first-order chi connectivity index (χ1) is 27.7. The average Bonchev–Trinajstić information content (AvgIpc) is 3.60. The molecule has 7 rings (SSSR count). The van der Waals surface area contributed by atoms with Crippen LogP contribution in [0.5, 0.6) is 0 Å². The fraction of sp³-hybridized carbons (Fsp3) is 0.106. The fourth-order valence-electron chi connectivity index (χ4n) is 7.08. The van der Waals surface area contributed by atoms with E-state index in [-0.39, 0.29) is 35.7 Å². The molecule has 0 fully saturated rings. The summed E-state index contributed by atoms with van der Waals surface area (Å²) in [5.74, 6) is -3.28. The Morgan fingerprint density at radius 1 is 0.667 bits per heavy atom. The molecule has 284 valence electrons. The summed E-state index contributed by atoms with van der Waals surface area (Å²) < 4.78 is 77.5. The van der Waals surface area contributed by atoms with Crippen LogP contribution in [0.3, 0.4) is 0 Å². The molecule has 1 aliphatic carbocycles. The number of thiophene rings is 1. The monoisotopic (exact) mass is 783 g/mol. The van der Waals surface area contributed by atoms with Crippen LogP contribution in [0, 0.1) is 35.7 Å². The van der Waals surface area contributed by atoms with Gasteiger partial charge in [-0.2, -0.15) is 13.4 Å². The number of benzene rings is 5. The molecular weight excluding hydrogens is 748 g/mol. The van der Waals surface area contributed by atoms with E-state index in [1.165, 1.54) is 53.8 Å². The number of halogens is 5. The van der Waals surface area contributed by atoms with Crippen molar-refractivity contribution < 1.29 is 26.5 Å². The first-order valence-electron chi connectivity index (χ1n) is 18.3. The average molecular weight is 784 g/mol. The van der Waals surface area contributed by atoms with Gasteiger partial charge in [0, 0.05) is 58.7 Å². The van der Waals surface area contributed by atoms with Crippen molar-refractivity contribution in [2.45, 2.75) is 13.8 Å². The van der Waals surface area contributed by atoms with Crippen molar-refractivity contribution in [3.63, 3.8) is 0 Å². The van der Waals surface area contributed by atoms with E-state index in [9.17, 15) is 0 Å².